The molecule has 0 spiro atoms. The topological polar surface area (TPSA) is 72.0 Å². The van der Waals surface area contributed by atoms with Gasteiger partial charge in [0.05, 0.1) is 18.2 Å². The molecular weight excluding hydrogens is 340 g/mol. The number of aromatic amines is 1. The summed E-state index contributed by atoms with van der Waals surface area (Å²) in [6.07, 6.45) is 0. The highest BCUT2D eigenvalue weighted by Gasteiger charge is 2.32. The zero-order valence-electron chi connectivity index (χ0n) is 14.4. The maximum absolute atomic E-state index is 13.1. The van der Waals surface area contributed by atoms with Crippen molar-refractivity contribution in [1.82, 2.24) is 9.97 Å². The highest BCUT2D eigenvalue weighted by Crippen LogP contribution is 2.33. The van der Waals surface area contributed by atoms with E-state index in [1.807, 2.05) is 24.3 Å². The number of ketones is 2. The smallest absolute Gasteiger partial charge is 0.196 e. The number of carbonyl (C=O) groups is 2. The zero-order chi connectivity index (χ0) is 18.5. The Labute approximate surface area is 154 Å². The lowest BCUT2D eigenvalue weighted by atomic mass is 9.83. The van der Waals surface area contributed by atoms with E-state index in [9.17, 15) is 9.59 Å². The molecule has 0 amide bonds. The Bertz CT molecular complexity index is 1240. The van der Waals surface area contributed by atoms with Gasteiger partial charge in [0.15, 0.2) is 11.6 Å². The van der Waals surface area contributed by atoms with E-state index in [4.69, 9.17) is 4.74 Å². The number of hydrogen-bond acceptors (Lipinski definition) is 4. The summed E-state index contributed by atoms with van der Waals surface area (Å²) in [7, 11) is 1.61. The lowest BCUT2D eigenvalue weighted by Crippen LogP contribution is -2.21. The van der Waals surface area contributed by atoms with Crippen LogP contribution in [0.2, 0.25) is 0 Å². The van der Waals surface area contributed by atoms with Crippen molar-refractivity contribution in [3.8, 4) is 17.1 Å². The summed E-state index contributed by atoms with van der Waals surface area (Å²) in [4.78, 5) is 33.8. The number of carbonyl (C=O) groups excluding carboxylic acids is 2. The molecule has 0 fully saturated rings. The second-order valence-electron chi connectivity index (χ2n) is 6.40. The fourth-order valence-corrected chi connectivity index (χ4v) is 3.54. The molecule has 5 rings (SSSR count). The number of H-pyrrole nitrogens is 1. The van der Waals surface area contributed by atoms with Crippen LogP contribution in [0.1, 0.15) is 31.8 Å². The summed E-state index contributed by atoms with van der Waals surface area (Å²) in [5.41, 5.74) is 3.75. The van der Waals surface area contributed by atoms with E-state index in [0.29, 0.717) is 33.6 Å². The van der Waals surface area contributed by atoms with Crippen LogP contribution < -0.4 is 4.74 Å². The number of methoxy groups -OCH3 is 1. The fraction of sp³-hybridized carbons (Fsp3) is 0.0455. The molecule has 130 valence electrons. The Hall–Kier alpha value is -3.73. The van der Waals surface area contributed by atoms with Crippen LogP contribution in [0.4, 0.5) is 0 Å². The van der Waals surface area contributed by atoms with Gasteiger partial charge in [-0.1, -0.05) is 24.3 Å². The number of nitrogens with zero attached hydrogens (tertiary/aromatic N) is 1. The normalized spacial score (nSPS) is 12.8. The standard InChI is InChI=1S/C22H14N2O3/c1-27-13-8-6-12(7-9-13)22-23-17-11-10-16-18(19(17)24-22)21(26)15-5-3-2-4-14(15)20(16)25/h2-11H,1H3,(H,23,24). The van der Waals surface area contributed by atoms with E-state index >= 15 is 0 Å². The van der Waals surface area contributed by atoms with Crippen molar-refractivity contribution < 1.29 is 14.3 Å². The summed E-state index contributed by atoms with van der Waals surface area (Å²) < 4.78 is 5.18. The molecular formula is C22H14N2O3. The monoisotopic (exact) mass is 354 g/mol. The summed E-state index contributed by atoms with van der Waals surface area (Å²) >= 11 is 0. The van der Waals surface area contributed by atoms with Gasteiger partial charge >= 0.3 is 0 Å². The minimum atomic E-state index is -0.168. The van der Waals surface area contributed by atoms with Crippen molar-refractivity contribution >= 4 is 22.6 Å². The molecule has 1 heterocycles. The third-order valence-electron chi connectivity index (χ3n) is 4.91. The number of aromatic nitrogens is 2. The lowest BCUT2D eigenvalue weighted by Gasteiger charge is -2.17. The molecule has 0 aliphatic heterocycles. The quantitative estimate of drug-likeness (QED) is 0.520. The predicted molar refractivity (Wildman–Crippen MR) is 101 cm³/mol. The van der Waals surface area contributed by atoms with Gasteiger partial charge in [-0.2, -0.15) is 0 Å². The maximum Gasteiger partial charge on any atom is 0.196 e. The van der Waals surface area contributed by atoms with Crippen molar-refractivity contribution in [2.24, 2.45) is 0 Å². The summed E-state index contributed by atoms with van der Waals surface area (Å²) in [5, 5.41) is 0. The second-order valence-corrected chi connectivity index (χ2v) is 6.40. The first-order valence-electron chi connectivity index (χ1n) is 8.53. The number of nitrogens with one attached hydrogen (secondary N) is 1. The molecule has 0 saturated carbocycles. The molecule has 5 nitrogen and oxygen atoms in total. The van der Waals surface area contributed by atoms with E-state index < -0.39 is 0 Å². The van der Waals surface area contributed by atoms with E-state index in [-0.39, 0.29) is 11.6 Å². The second kappa shape index (κ2) is 5.64. The van der Waals surface area contributed by atoms with Crippen LogP contribution in [0.15, 0.2) is 60.7 Å². The Kier molecular flexibility index (Phi) is 3.24. The van der Waals surface area contributed by atoms with Crippen LogP contribution in [0.25, 0.3) is 22.4 Å². The Morgan fingerprint density at radius 3 is 2.22 bits per heavy atom. The summed E-state index contributed by atoms with van der Waals surface area (Å²) in [6, 6.07) is 17.9. The number of fused-ring (bicyclic) bond motifs is 4. The van der Waals surface area contributed by atoms with E-state index in [1.165, 1.54) is 0 Å². The fourth-order valence-electron chi connectivity index (χ4n) is 3.54. The van der Waals surface area contributed by atoms with Crippen LogP contribution in [-0.2, 0) is 0 Å². The summed E-state index contributed by atoms with van der Waals surface area (Å²) in [5.74, 6) is 1.08. The molecule has 4 aromatic rings. The van der Waals surface area contributed by atoms with Crippen molar-refractivity contribution in [1.29, 1.82) is 0 Å². The van der Waals surface area contributed by atoms with Crippen molar-refractivity contribution in [2.75, 3.05) is 7.11 Å². The molecule has 0 unspecified atom stereocenters. The molecule has 0 atom stereocenters. The predicted octanol–water partition coefficient (Wildman–Crippen LogP) is 4.01. The van der Waals surface area contributed by atoms with Gasteiger partial charge < -0.3 is 9.72 Å². The van der Waals surface area contributed by atoms with Crippen molar-refractivity contribution in [3.05, 3.63) is 82.9 Å². The van der Waals surface area contributed by atoms with E-state index in [2.05, 4.69) is 9.97 Å². The van der Waals surface area contributed by atoms with Gasteiger partial charge in [-0.3, -0.25) is 9.59 Å². The van der Waals surface area contributed by atoms with Gasteiger partial charge in [0.25, 0.3) is 0 Å². The molecule has 1 aliphatic rings. The average Bonchev–Trinajstić information content (AvgIpc) is 3.16. The highest BCUT2D eigenvalue weighted by atomic mass is 16.5. The number of imidazole rings is 1. The molecule has 27 heavy (non-hydrogen) atoms. The Morgan fingerprint density at radius 1 is 0.815 bits per heavy atom. The van der Waals surface area contributed by atoms with Crippen molar-refractivity contribution in [2.45, 2.75) is 0 Å². The van der Waals surface area contributed by atoms with Crippen LogP contribution >= 0.6 is 0 Å². The molecule has 1 aliphatic carbocycles. The number of benzene rings is 3. The van der Waals surface area contributed by atoms with Gasteiger partial charge in [0.1, 0.15) is 17.1 Å². The van der Waals surface area contributed by atoms with Gasteiger partial charge in [-0.15, -0.1) is 0 Å². The molecule has 1 aromatic heterocycles. The minimum absolute atomic E-state index is 0.143. The maximum atomic E-state index is 13.1. The van der Waals surface area contributed by atoms with E-state index in [1.54, 1.807) is 43.5 Å². The van der Waals surface area contributed by atoms with E-state index in [0.717, 1.165) is 16.8 Å². The highest BCUT2D eigenvalue weighted by molar-refractivity contribution is 6.31. The Morgan fingerprint density at radius 2 is 1.52 bits per heavy atom. The average molecular weight is 354 g/mol. The zero-order valence-corrected chi connectivity index (χ0v) is 14.4. The lowest BCUT2D eigenvalue weighted by molar-refractivity contribution is 0.0980. The first-order valence-corrected chi connectivity index (χ1v) is 8.53. The number of ether oxygens (including phenoxy) is 1. The number of hydrogen-bond donors (Lipinski definition) is 1. The number of rotatable bonds is 2. The summed E-state index contributed by atoms with van der Waals surface area (Å²) in [6.45, 7) is 0. The minimum Gasteiger partial charge on any atom is -0.497 e. The van der Waals surface area contributed by atoms with Gasteiger partial charge in [-0.05, 0) is 36.4 Å². The third-order valence-corrected chi connectivity index (χ3v) is 4.91. The van der Waals surface area contributed by atoms with Crippen molar-refractivity contribution in [3.63, 3.8) is 0 Å². The Balaban J connectivity index is 1.71. The van der Waals surface area contributed by atoms with Crippen LogP contribution in [0.3, 0.4) is 0 Å². The SMILES string of the molecule is COc1ccc(-c2nc3c4c(ccc3[nH]2)C(=O)c2ccccc2C4=O)cc1. The first-order chi connectivity index (χ1) is 13.2. The van der Waals surface area contributed by atoms with Crippen LogP contribution in [0.5, 0.6) is 5.75 Å². The third kappa shape index (κ3) is 2.22. The first kappa shape index (κ1) is 15.5. The molecule has 0 bridgehead atoms. The largest absolute Gasteiger partial charge is 0.497 e. The molecule has 0 saturated heterocycles. The van der Waals surface area contributed by atoms with Gasteiger partial charge in [0.2, 0.25) is 0 Å². The van der Waals surface area contributed by atoms with Gasteiger partial charge in [-0.25, -0.2) is 4.98 Å². The molecule has 5 heteroatoms. The molecule has 1 N–H and O–H groups in total. The van der Waals surface area contributed by atoms with Crippen LogP contribution in [-0.4, -0.2) is 28.6 Å². The van der Waals surface area contributed by atoms with Crippen LogP contribution in [0, 0.1) is 0 Å². The van der Waals surface area contributed by atoms with Gasteiger partial charge in [0, 0.05) is 22.3 Å². The molecule has 0 radical (unpaired) electrons. The molecule has 3 aromatic carbocycles.